The van der Waals surface area contributed by atoms with Gasteiger partial charge < -0.3 is 19.1 Å². The summed E-state index contributed by atoms with van der Waals surface area (Å²) in [5.74, 6) is 0.918. The molecular weight excluding hydrogens is 276 g/mol. The molecule has 0 saturated carbocycles. The Morgan fingerprint density at radius 1 is 1.48 bits per heavy atom. The highest BCUT2D eigenvalue weighted by Gasteiger charge is 2.07. The van der Waals surface area contributed by atoms with Crippen molar-refractivity contribution in [1.82, 2.24) is 10.1 Å². The first-order valence-electron chi connectivity index (χ1n) is 6.09. The lowest BCUT2D eigenvalue weighted by Crippen LogP contribution is -1.99. The number of carboxylic acids is 1. The lowest BCUT2D eigenvalue weighted by molar-refractivity contribution is -0.131. The molecule has 110 valence electrons. The van der Waals surface area contributed by atoms with Gasteiger partial charge in [-0.1, -0.05) is 5.16 Å². The van der Waals surface area contributed by atoms with Crippen LogP contribution in [0.25, 0.3) is 6.08 Å². The normalized spacial score (nSPS) is 10.8. The molecule has 2 rings (SSSR count). The van der Waals surface area contributed by atoms with Gasteiger partial charge in [-0.05, 0) is 24.3 Å². The molecule has 0 aliphatic heterocycles. The van der Waals surface area contributed by atoms with Gasteiger partial charge in [0, 0.05) is 18.6 Å². The van der Waals surface area contributed by atoms with E-state index in [1.54, 1.807) is 25.1 Å². The molecule has 0 unspecified atom stereocenters. The predicted molar refractivity (Wildman–Crippen MR) is 73.0 cm³/mol. The van der Waals surface area contributed by atoms with Crippen LogP contribution in [0.4, 0.5) is 0 Å². The Balaban J connectivity index is 2.18. The van der Waals surface area contributed by atoms with Gasteiger partial charge in [0.05, 0.1) is 7.11 Å². The molecule has 1 N–H and O–H groups in total. The summed E-state index contributed by atoms with van der Waals surface area (Å²) in [7, 11) is 1.53. The van der Waals surface area contributed by atoms with E-state index in [2.05, 4.69) is 10.1 Å². The highest BCUT2D eigenvalue weighted by molar-refractivity contribution is 5.86. The Kier molecular flexibility index (Phi) is 4.55. The molecule has 0 bridgehead atoms. The van der Waals surface area contributed by atoms with E-state index in [9.17, 15) is 4.79 Å². The second kappa shape index (κ2) is 6.56. The van der Waals surface area contributed by atoms with E-state index < -0.39 is 5.97 Å². The fourth-order valence-corrected chi connectivity index (χ4v) is 1.62. The minimum Gasteiger partial charge on any atom is -0.497 e. The van der Waals surface area contributed by atoms with E-state index in [0.29, 0.717) is 28.8 Å². The van der Waals surface area contributed by atoms with E-state index in [-0.39, 0.29) is 6.61 Å². The van der Waals surface area contributed by atoms with Crippen LogP contribution >= 0.6 is 0 Å². The largest absolute Gasteiger partial charge is 0.497 e. The van der Waals surface area contributed by atoms with Crippen molar-refractivity contribution in [2.75, 3.05) is 7.11 Å². The van der Waals surface area contributed by atoms with Gasteiger partial charge in [0.1, 0.15) is 11.5 Å². The number of methoxy groups -OCH3 is 1. The SMILES string of the molecule is COc1ccc(OCc2noc(C)n2)c(/C=C/C(=O)O)c1. The Hall–Kier alpha value is -2.83. The van der Waals surface area contributed by atoms with Crippen LogP contribution in [0.5, 0.6) is 11.5 Å². The molecule has 0 spiro atoms. The highest BCUT2D eigenvalue weighted by atomic mass is 16.5. The van der Waals surface area contributed by atoms with Crippen molar-refractivity contribution in [2.24, 2.45) is 0 Å². The quantitative estimate of drug-likeness (QED) is 0.813. The van der Waals surface area contributed by atoms with Crippen molar-refractivity contribution < 1.29 is 23.9 Å². The summed E-state index contributed by atoms with van der Waals surface area (Å²) in [6.07, 6.45) is 2.46. The third-order valence-electron chi connectivity index (χ3n) is 2.55. The molecular formula is C14H14N2O5. The first-order valence-corrected chi connectivity index (χ1v) is 6.09. The number of aliphatic carboxylic acids is 1. The monoisotopic (exact) mass is 290 g/mol. The maximum atomic E-state index is 10.6. The first kappa shape index (κ1) is 14.6. The summed E-state index contributed by atoms with van der Waals surface area (Å²) in [5, 5.41) is 12.4. The Morgan fingerprint density at radius 2 is 2.29 bits per heavy atom. The molecule has 21 heavy (non-hydrogen) atoms. The van der Waals surface area contributed by atoms with Crippen LogP contribution in [0.3, 0.4) is 0 Å². The number of rotatable bonds is 6. The van der Waals surface area contributed by atoms with Crippen molar-refractivity contribution in [3.8, 4) is 11.5 Å². The number of hydrogen-bond acceptors (Lipinski definition) is 6. The third kappa shape index (κ3) is 4.07. The van der Waals surface area contributed by atoms with E-state index in [1.165, 1.54) is 13.2 Å². The molecule has 0 radical (unpaired) electrons. The van der Waals surface area contributed by atoms with E-state index in [4.69, 9.17) is 19.1 Å². The number of aryl methyl sites for hydroxylation is 1. The van der Waals surface area contributed by atoms with Crippen molar-refractivity contribution in [2.45, 2.75) is 13.5 Å². The van der Waals surface area contributed by atoms with Gasteiger partial charge in [-0.3, -0.25) is 0 Å². The zero-order chi connectivity index (χ0) is 15.2. The number of hydrogen-bond donors (Lipinski definition) is 1. The van der Waals surface area contributed by atoms with Crippen molar-refractivity contribution in [3.63, 3.8) is 0 Å². The van der Waals surface area contributed by atoms with E-state index >= 15 is 0 Å². The number of carbonyl (C=O) groups is 1. The number of aromatic nitrogens is 2. The van der Waals surface area contributed by atoms with Crippen LogP contribution < -0.4 is 9.47 Å². The fourth-order valence-electron chi connectivity index (χ4n) is 1.62. The van der Waals surface area contributed by atoms with Crippen molar-refractivity contribution in [1.29, 1.82) is 0 Å². The molecule has 1 aromatic carbocycles. The van der Waals surface area contributed by atoms with Gasteiger partial charge in [-0.2, -0.15) is 4.98 Å². The molecule has 1 heterocycles. The van der Waals surface area contributed by atoms with Gasteiger partial charge >= 0.3 is 5.97 Å². The van der Waals surface area contributed by atoms with Crippen LogP contribution in [0.2, 0.25) is 0 Å². The van der Waals surface area contributed by atoms with Gasteiger partial charge in [0.25, 0.3) is 0 Å². The Morgan fingerprint density at radius 3 is 2.90 bits per heavy atom. The number of carboxylic acid groups (broad SMARTS) is 1. The smallest absolute Gasteiger partial charge is 0.328 e. The molecule has 0 fully saturated rings. The maximum absolute atomic E-state index is 10.6. The van der Waals surface area contributed by atoms with Crippen LogP contribution in [0.15, 0.2) is 28.8 Å². The molecule has 0 amide bonds. The van der Waals surface area contributed by atoms with Crippen LogP contribution in [0.1, 0.15) is 17.3 Å². The predicted octanol–water partition coefficient (Wildman–Crippen LogP) is 2.06. The second-order valence-corrected chi connectivity index (χ2v) is 4.09. The van der Waals surface area contributed by atoms with Crippen molar-refractivity contribution >= 4 is 12.0 Å². The zero-order valence-corrected chi connectivity index (χ0v) is 11.6. The minimum absolute atomic E-state index is 0.123. The van der Waals surface area contributed by atoms with Crippen molar-refractivity contribution in [3.05, 3.63) is 41.6 Å². The average molecular weight is 290 g/mol. The fraction of sp³-hybridized carbons (Fsp3) is 0.214. The van der Waals surface area contributed by atoms with Gasteiger partial charge in [-0.25, -0.2) is 4.79 Å². The molecule has 2 aromatic rings. The highest BCUT2D eigenvalue weighted by Crippen LogP contribution is 2.26. The molecule has 0 atom stereocenters. The Labute approximate surface area is 120 Å². The molecule has 1 aromatic heterocycles. The van der Waals surface area contributed by atoms with Crippen LogP contribution in [-0.4, -0.2) is 28.3 Å². The van der Waals surface area contributed by atoms with Crippen LogP contribution in [-0.2, 0) is 11.4 Å². The number of benzene rings is 1. The molecule has 0 aliphatic carbocycles. The first-order chi connectivity index (χ1) is 10.1. The minimum atomic E-state index is -1.04. The summed E-state index contributed by atoms with van der Waals surface area (Å²) in [6, 6.07) is 5.08. The molecule has 0 aliphatic rings. The number of ether oxygens (including phenoxy) is 2. The standard InChI is InChI=1S/C14H14N2O5/c1-9-15-13(16-21-9)8-20-12-5-4-11(19-2)7-10(12)3-6-14(17)18/h3-7H,8H2,1-2H3,(H,17,18)/b6-3+. The number of nitrogens with zero attached hydrogens (tertiary/aromatic N) is 2. The molecule has 7 nitrogen and oxygen atoms in total. The van der Waals surface area contributed by atoms with E-state index in [1.807, 2.05) is 0 Å². The summed E-state index contributed by atoms with van der Waals surface area (Å²) in [4.78, 5) is 14.7. The summed E-state index contributed by atoms with van der Waals surface area (Å²) in [5.41, 5.74) is 0.581. The molecule has 7 heteroatoms. The summed E-state index contributed by atoms with van der Waals surface area (Å²) in [6.45, 7) is 1.81. The van der Waals surface area contributed by atoms with E-state index in [0.717, 1.165) is 6.08 Å². The van der Waals surface area contributed by atoms with Gasteiger partial charge in [0.15, 0.2) is 6.61 Å². The average Bonchev–Trinajstić information content (AvgIpc) is 2.88. The topological polar surface area (TPSA) is 94.7 Å². The Bertz CT molecular complexity index is 663. The zero-order valence-electron chi connectivity index (χ0n) is 11.6. The molecule has 0 saturated heterocycles. The van der Waals surface area contributed by atoms with Crippen LogP contribution in [0, 0.1) is 6.92 Å². The van der Waals surface area contributed by atoms with Gasteiger partial charge in [0.2, 0.25) is 11.7 Å². The van der Waals surface area contributed by atoms with Gasteiger partial charge in [-0.15, -0.1) is 0 Å². The maximum Gasteiger partial charge on any atom is 0.328 e. The second-order valence-electron chi connectivity index (χ2n) is 4.09. The third-order valence-corrected chi connectivity index (χ3v) is 2.55. The lowest BCUT2D eigenvalue weighted by Gasteiger charge is -2.09. The lowest BCUT2D eigenvalue weighted by atomic mass is 10.1. The summed E-state index contributed by atoms with van der Waals surface area (Å²) >= 11 is 0. The summed E-state index contributed by atoms with van der Waals surface area (Å²) < 4.78 is 15.5.